The van der Waals surface area contributed by atoms with Gasteiger partial charge < -0.3 is 14.8 Å². The van der Waals surface area contributed by atoms with Crippen LogP contribution in [0.4, 0.5) is 0 Å². The monoisotopic (exact) mass is 184 g/mol. The molecule has 0 rings (SSSR count). The van der Waals surface area contributed by atoms with Crippen LogP contribution in [0.25, 0.3) is 0 Å². The smallest absolute Gasteiger partial charge is 0.182 e. The van der Waals surface area contributed by atoms with Crippen LogP contribution >= 0.6 is 0 Å². The van der Waals surface area contributed by atoms with Gasteiger partial charge in [-0.05, 0) is 13.3 Å². The third-order valence-corrected chi connectivity index (χ3v) is 1.47. The molecule has 2 unspecified atom stereocenters. The molecule has 2 atom stereocenters. The Balaban J connectivity index is 0. The van der Waals surface area contributed by atoms with Gasteiger partial charge in [0.05, 0.1) is 0 Å². The van der Waals surface area contributed by atoms with Gasteiger partial charge in [0.15, 0.2) is 16.5 Å². The average Bonchev–Trinajstić information content (AvgIpc) is 1.90. The second kappa shape index (κ2) is 10.0. The molecule has 0 aliphatic heterocycles. The van der Waals surface area contributed by atoms with Crippen molar-refractivity contribution >= 4 is 11.1 Å². The lowest BCUT2D eigenvalue weighted by Crippen LogP contribution is -2.11. The number of aliphatic hydroxyl groups is 2. The molecule has 4 nitrogen and oxygen atoms in total. The van der Waals surface area contributed by atoms with Gasteiger partial charge in [0.25, 0.3) is 0 Å². The summed E-state index contributed by atoms with van der Waals surface area (Å²) in [6.45, 7) is 3.77. The minimum Gasteiger partial charge on any atom is -0.397 e. The first kappa shape index (κ1) is 13.6. The lowest BCUT2D eigenvalue weighted by Gasteiger charge is -2.00. The van der Waals surface area contributed by atoms with E-state index in [0.717, 1.165) is 6.42 Å². The van der Waals surface area contributed by atoms with Gasteiger partial charge in [-0.2, -0.15) is 0 Å². The molecule has 0 bridgehead atoms. The lowest BCUT2D eigenvalue weighted by atomic mass is 10.4. The maximum absolute atomic E-state index is 9.95. The Morgan fingerprint density at radius 1 is 1.45 bits per heavy atom. The summed E-state index contributed by atoms with van der Waals surface area (Å²) in [7, 11) is 0. The quantitative estimate of drug-likeness (QED) is 0.552. The zero-order valence-corrected chi connectivity index (χ0v) is 7.67. The Kier molecular flexibility index (Phi) is 12.4. The zero-order chi connectivity index (χ0) is 9.28. The normalized spacial score (nSPS) is 14.6. The van der Waals surface area contributed by atoms with Crippen molar-refractivity contribution in [1.29, 1.82) is 0 Å². The van der Waals surface area contributed by atoms with Gasteiger partial charge in [-0.1, -0.05) is 13.3 Å². The van der Waals surface area contributed by atoms with E-state index in [4.69, 9.17) is 14.8 Å². The van der Waals surface area contributed by atoms with Crippen molar-refractivity contribution in [2.45, 2.75) is 32.1 Å². The Labute approximate surface area is 69.5 Å². The largest absolute Gasteiger partial charge is 0.397 e. The van der Waals surface area contributed by atoms with Crippen LogP contribution < -0.4 is 0 Å². The molecule has 0 aromatic heterocycles. The highest BCUT2D eigenvalue weighted by Gasteiger charge is 2.06. The molecule has 0 heterocycles. The molecule has 11 heavy (non-hydrogen) atoms. The number of hydrogen-bond donors (Lipinski definition) is 3. The molecule has 0 aromatic carbocycles. The highest BCUT2D eigenvalue weighted by Crippen LogP contribution is 1.97. The van der Waals surface area contributed by atoms with Crippen LogP contribution in [-0.4, -0.2) is 31.0 Å². The Bertz CT molecular complexity index is 96.6. The van der Waals surface area contributed by atoms with E-state index >= 15 is 0 Å². The summed E-state index contributed by atoms with van der Waals surface area (Å²) < 4.78 is 18.1. The highest BCUT2D eigenvalue weighted by atomic mass is 32.2. The molecular weight excluding hydrogens is 168 g/mol. The van der Waals surface area contributed by atoms with Crippen LogP contribution in [0.5, 0.6) is 0 Å². The summed E-state index contributed by atoms with van der Waals surface area (Å²) in [6.07, 6.45) is 1.12. The van der Waals surface area contributed by atoms with Gasteiger partial charge >= 0.3 is 0 Å². The molecule has 0 aliphatic carbocycles. The zero-order valence-electron chi connectivity index (χ0n) is 6.86. The molecule has 0 amide bonds. The van der Waals surface area contributed by atoms with E-state index in [1.807, 2.05) is 6.92 Å². The molecule has 0 aliphatic rings. The van der Waals surface area contributed by atoms with Gasteiger partial charge in [-0.15, -0.1) is 0 Å². The Morgan fingerprint density at radius 3 is 1.91 bits per heavy atom. The highest BCUT2D eigenvalue weighted by molar-refractivity contribution is 7.79. The summed E-state index contributed by atoms with van der Waals surface area (Å²) in [5.41, 5.74) is -1.06. The number of aliphatic hydroxyl groups excluding tert-OH is 2. The van der Waals surface area contributed by atoms with E-state index in [1.165, 1.54) is 0 Å². The topological polar surface area (TPSA) is 77.8 Å². The number of hydrogen-bond acceptors (Lipinski definition) is 3. The van der Waals surface area contributed by atoms with Gasteiger partial charge in [-0.3, -0.25) is 0 Å². The first-order chi connectivity index (χ1) is 5.09. The average molecular weight is 184 g/mol. The molecule has 70 valence electrons. The third kappa shape index (κ3) is 13.1. The fraction of sp³-hybridized carbons (Fsp3) is 1.00. The molecule has 0 spiro atoms. The second-order valence-corrected chi connectivity index (χ2v) is 2.93. The molecule has 0 saturated heterocycles. The standard InChI is InChI=1S/C4H10O3S.C2H6O/c1-2-3-4(5)8(6)7;1-2-3/h4-5H,2-3H2,1H3,(H,6,7);3H,2H2,1H3. The molecule has 0 aromatic rings. The molecule has 3 N–H and O–H groups in total. The maximum Gasteiger partial charge on any atom is 0.182 e. The van der Waals surface area contributed by atoms with E-state index in [1.54, 1.807) is 6.92 Å². The minimum atomic E-state index is -2.05. The first-order valence-electron chi connectivity index (χ1n) is 3.48. The first-order valence-corrected chi connectivity index (χ1v) is 4.65. The summed E-state index contributed by atoms with van der Waals surface area (Å²) in [6, 6.07) is 0. The molecule has 5 heteroatoms. The fourth-order valence-electron chi connectivity index (χ4n) is 0.348. The molecule has 0 fully saturated rings. The van der Waals surface area contributed by atoms with Gasteiger partial charge in [0.2, 0.25) is 0 Å². The predicted molar refractivity (Wildman–Crippen MR) is 44.4 cm³/mol. The number of rotatable bonds is 3. The fourth-order valence-corrected chi connectivity index (χ4v) is 0.785. The summed E-state index contributed by atoms with van der Waals surface area (Å²) >= 11 is -2.05. The van der Waals surface area contributed by atoms with Crippen molar-refractivity contribution in [2.75, 3.05) is 6.61 Å². The third-order valence-electron chi connectivity index (χ3n) is 0.768. The summed E-state index contributed by atoms with van der Waals surface area (Å²) in [5, 5.41) is 16.1. The van der Waals surface area contributed by atoms with Crippen LogP contribution in [0, 0.1) is 0 Å². The predicted octanol–water partition coefficient (Wildman–Crippen LogP) is 0.325. The van der Waals surface area contributed by atoms with Crippen LogP contribution in [0.2, 0.25) is 0 Å². The van der Waals surface area contributed by atoms with Gasteiger partial charge in [0.1, 0.15) is 0 Å². The van der Waals surface area contributed by atoms with Crippen molar-refractivity contribution < 1.29 is 19.0 Å². The molecule has 0 saturated carbocycles. The minimum absolute atomic E-state index is 0.250. The van der Waals surface area contributed by atoms with Crippen molar-refractivity contribution in [3.05, 3.63) is 0 Å². The van der Waals surface area contributed by atoms with Gasteiger partial charge in [-0.25, -0.2) is 4.21 Å². The van der Waals surface area contributed by atoms with Crippen LogP contribution in [-0.2, 0) is 11.1 Å². The SMILES string of the molecule is CCCC(O)S(=O)O.CCO. The van der Waals surface area contributed by atoms with Gasteiger partial charge in [0, 0.05) is 6.61 Å². The second-order valence-electron chi connectivity index (χ2n) is 1.84. The van der Waals surface area contributed by atoms with Crippen LogP contribution in [0.1, 0.15) is 26.7 Å². The van der Waals surface area contributed by atoms with E-state index in [0.29, 0.717) is 6.42 Å². The van der Waals surface area contributed by atoms with E-state index in [9.17, 15) is 4.21 Å². The lowest BCUT2D eigenvalue weighted by molar-refractivity contribution is 0.234. The summed E-state index contributed by atoms with van der Waals surface area (Å²) in [4.78, 5) is 0. The summed E-state index contributed by atoms with van der Waals surface area (Å²) in [5.74, 6) is 0. The molecule has 0 radical (unpaired) electrons. The Morgan fingerprint density at radius 2 is 1.82 bits per heavy atom. The Hall–Kier alpha value is 0.0300. The van der Waals surface area contributed by atoms with Crippen molar-refractivity contribution in [2.24, 2.45) is 0 Å². The van der Waals surface area contributed by atoms with Crippen molar-refractivity contribution in [1.82, 2.24) is 0 Å². The maximum atomic E-state index is 9.95. The van der Waals surface area contributed by atoms with Crippen molar-refractivity contribution in [3.63, 3.8) is 0 Å². The van der Waals surface area contributed by atoms with Crippen LogP contribution in [0.3, 0.4) is 0 Å². The van der Waals surface area contributed by atoms with E-state index in [-0.39, 0.29) is 6.61 Å². The van der Waals surface area contributed by atoms with E-state index in [2.05, 4.69) is 0 Å². The van der Waals surface area contributed by atoms with Crippen molar-refractivity contribution in [3.8, 4) is 0 Å². The molecular formula is C6H16O4S. The van der Waals surface area contributed by atoms with Crippen LogP contribution in [0.15, 0.2) is 0 Å². The van der Waals surface area contributed by atoms with E-state index < -0.39 is 16.5 Å².